The number of primary amides is 1. The van der Waals surface area contributed by atoms with Crippen molar-refractivity contribution in [1.82, 2.24) is 44.0 Å². The van der Waals surface area contributed by atoms with Crippen molar-refractivity contribution in [3.63, 3.8) is 0 Å². The largest absolute Gasteiger partial charge is 0.366 e. The van der Waals surface area contributed by atoms with Crippen molar-refractivity contribution in [3.05, 3.63) is 94.6 Å². The lowest BCUT2D eigenvalue weighted by Gasteiger charge is -2.10. The van der Waals surface area contributed by atoms with Crippen LogP contribution in [0, 0.1) is 19.8 Å². The molecule has 0 radical (unpaired) electrons. The molecule has 0 spiro atoms. The highest BCUT2D eigenvalue weighted by Crippen LogP contribution is 2.24. The molecule has 0 aliphatic heterocycles. The number of hydrogen-bond acceptors (Lipinski definition) is 8. The zero-order valence-corrected chi connectivity index (χ0v) is 31.9. The van der Waals surface area contributed by atoms with Gasteiger partial charge in [0.2, 0.25) is 17.8 Å². The Bertz CT molecular complexity index is 2440. The van der Waals surface area contributed by atoms with Gasteiger partial charge in [-0.1, -0.05) is 26.0 Å². The first-order valence-electron chi connectivity index (χ1n) is 18.3. The van der Waals surface area contributed by atoms with Crippen molar-refractivity contribution in [3.8, 4) is 0 Å². The van der Waals surface area contributed by atoms with Crippen LogP contribution in [-0.2, 0) is 26.2 Å². The molecule has 0 unspecified atom stereocenters. The van der Waals surface area contributed by atoms with Crippen LogP contribution in [0.1, 0.15) is 87.2 Å². The number of benzene rings is 2. The molecule has 4 aromatic heterocycles. The minimum absolute atomic E-state index is 0.197. The molecule has 55 heavy (non-hydrogen) atoms. The van der Waals surface area contributed by atoms with Crippen LogP contribution in [0.2, 0.25) is 0 Å². The van der Waals surface area contributed by atoms with E-state index in [-0.39, 0.29) is 30.2 Å². The number of rotatable bonds is 15. The van der Waals surface area contributed by atoms with E-state index in [0.29, 0.717) is 88.3 Å². The molecule has 0 aliphatic rings. The average molecular weight is 747 g/mol. The second-order valence-corrected chi connectivity index (χ2v) is 13.7. The van der Waals surface area contributed by atoms with Gasteiger partial charge in [0.1, 0.15) is 11.4 Å². The Morgan fingerprint density at radius 2 is 1.18 bits per heavy atom. The second kappa shape index (κ2) is 16.2. The van der Waals surface area contributed by atoms with Crippen LogP contribution in [0.3, 0.4) is 0 Å². The summed E-state index contributed by atoms with van der Waals surface area (Å²) in [7, 11) is 0. The smallest absolute Gasteiger partial charge is 0.276 e. The molecule has 16 nitrogen and oxygen atoms in total. The van der Waals surface area contributed by atoms with E-state index in [0.717, 1.165) is 12.1 Å². The summed E-state index contributed by atoms with van der Waals surface area (Å²) in [6, 6.07) is 13.7. The number of allylic oxidation sites excluding steroid dienone is 2. The van der Waals surface area contributed by atoms with Crippen LogP contribution in [0.4, 0.5) is 11.9 Å². The number of amides is 4. The maximum absolute atomic E-state index is 13.5. The lowest BCUT2D eigenvalue weighted by molar-refractivity contribution is 0.0949. The highest BCUT2D eigenvalue weighted by molar-refractivity contribution is 6.04. The number of aromatic nitrogens is 8. The Balaban J connectivity index is 1.31. The highest BCUT2D eigenvalue weighted by atomic mass is 16.2. The van der Waals surface area contributed by atoms with Crippen molar-refractivity contribution in [1.29, 1.82) is 0 Å². The number of carbonyl (C=O) groups excluding carboxylic acids is 4. The van der Waals surface area contributed by atoms with Gasteiger partial charge in [-0.25, -0.2) is 9.97 Å². The van der Waals surface area contributed by atoms with Gasteiger partial charge in [0.15, 0.2) is 0 Å². The number of carbonyl (C=O) groups is 4. The molecule has 0 atom stereocenters. The molecule has 0 aliphatic carbocycles. The molecule has 16 heteroatoms. The van der Waals surface area contributed by atoms with Gasteiger partial charge in [0, 0.05) is 43.9 Å². The lowest BCUT2D eigenvalue weighted by atomic mass is 10.1. The number of imidazole rings is 2. The molecular formula is C39H46N12O4. The van der Waals surface area contributed by atoms with Gasteiger partial charge in [-0.05, 0) is 88.6 Å². The van der Waals surface area contributed by atoms with Crippen LogP contribution in [0.15, 0.2) is 60.7 Å². The van der Waals surface area contributed by atoms with E-state index in [2.05, 4.69) is 45.0 Å². The number of hydrogen-bond donors (Lipinski definition) is 4. The summed E-state index contributed by atoms with van der Waals surface area (Å²) in [4.78, 5) is 61.3. The second-order valence-electron chi connectivity index (χ2n) is 13.7. The van der Waals surface area contributed by atoms with Crippen molar-refractivity contribution in [2.45, 2.75) is 74.1 Å². The standard InChI is InChI=1S/C39H46N12O4/c1-7-50-32(19-24(5)46-50)36(54)44-38-42-28-21-26(34(40)52)11-13-30(28)48(38)17-9-10-18-49-31-14-12-27(35(53)41-16-15-23(3)4)22-29(31)43-39(49)45-37(55)33-20-25(6)47-51(33)8-2/h9-14,19-23H,7-8,15-18H2,1-6H3,(H2,40,52)(H,41,53)(H,42,44,54)(H,43,45,55)/b10-9+. The van der Waals surface area contributed by atoms with Crippen LogP contribution >= 0.6 is 0 Å². The molecule has 6 aromatic rings. The first-order chi connectivity index (χ1) is 26.4. The summed E-state index contributed by atoms with van der Waals surface area (Å²) in [5.41, 5.74) is 10.9. The number of aryl methyl sites for hydroxylation is 4. The molecule has 286 valence electrons. The number of anilines is 2. The predicted octanol–water partition coefficient (Wildman–Crippen LogP) is 5.07. The van der Waals surface area contributed by atoms with E-state index in [1.54, 1.807) is 51.8 Å². The lowest BCUT2D eigenvalue weighted by Crippen LogP contribution is -2.25. The van der Waals surface area contributed by atoms with E-state index < -0.39 is 5.91 Å². The maximum atomic E-state index is 13.5. The number of nitrogens with one attached hydrogen (secondary N) is 3. The minimum atomic E-state index is -0.590. The normalized spacial score (nSPS) is 11.6. The first-order valence-corrected chi connectivity index (χ1v) is 18.3. The number of fused-ring (bicyclic) bond motifs is 2. The zero-order valence-electron chi connectivity index (χ0n) is 31.9. The molecule has 0 bridgehead atoms. The van der Waals surface area contributed by atoms with Gasteiger partial charge < -0.3 is 20.2 Å². The van der Waals surface area contributed by atoms with E-state index in [1.165, 1.54) is 0 Å². The van der Waals surface area contributed by atoms with E-state index in [9.17, 15) is 19.2 Å². The fraction of sp³-hybridized carbons (Fsp3) is 0.333. The van der Waals surface area contributed by atoms with Crippen molar-refractivity contribution in [2.75, 3.05) is 17.2 Å². The maximum Gasteiger partial charge on any atom is 0.276 e. The fourth-order valence-corrected chi connectivity index (χ4v) is 6.32. The third-order valence-corrected chi connectivity index (χ3v) is 9.11. The van der Waals surface area contributed by atoms with Gasteiger partial charge in [0.25, 0.3) is 17.7 Å². The SMILES string of the molecule is CCn1nc(C)cc1C(=O)Nc1nc2cc(C(N)=O)ccc2n1C/C=C/Cn1c(NC(=O)c2cc(C)nn2CC)nc2cc(C(=O)NCCC(C)C)ccc21. The Kier molecular flexibility index (Phi) is 11.2. The van der Waals surface area contributed by atoms with E-state index >= 15 is 0 Å². The Morgan fingerprint density at radius 3 is 1.64 bits per heavy atom. The van der Waals surface area contributed by atoms with Gasteiger partial charge in [-0.15, -0.1) is 0 Å². The predicted molar refractivity (Wildman–Crippen MR) is 210 cm³/mol. The molecule has 5 N–H and O–H groups in total. The highest BCUT2D eigenvalue weighted by Gasteiger charge is 2.21. The van der Waals surface area contributed by atoms with Crippen LogP contribution in [-0.4, -0.2) is 68.8 Å². The summed E-state index contributed by atoms with van der Waals surface area (Å²) < 4.78 is 6.92. The monoisotopic (exact) mass is 746 g/mol. The first kappa shape index (κ1) is 38.2. The zero-order chi connectivity index (χ0) is 39.4. The molecule has 4 heterocycles. The molecule has 0 saturated carbocycles. The van der Waals surface area contributed by atoms with E-state index in [1.807, 2.05) is 55.0 Å². The van der Waals surface area contributed by atoms with Crippen LogP contribution in [0.5, 0.6) is 0 Å². The van der Waals surface area contributed by atoms with Crippen LogP contribution < -0.4 is 21.7 Å². The minimum Gasteiger partial charge on any atom is -0.366 e. The fourth-order valence-electron chi connectivity index (χ4n) is 6.32. The third kappa shape index (κ3) is 8.32. The summed E-state index contributed by atoms with van der Waals surface area (Å²) in [5.74, 6) is -0.503. The molecule has 6 rings (SSSR count). The number of nitrogens with two attached hydrogens (primary N) is 1. The van der Waals surface area contributed by atoms with Gasteiger partial charge in [-0.3, -0.25) is 39.2 Å². The summed E-state index contributed by atoms with van der Waals surface area (Å²) in [6.07, 6.45) is 4.68. The summed E-state index contributed by atoms with van der Waals surface area (Å²) in [6.45, 7) is 13.8. The van der Waals surface area contributed by atoms with Crippen molar-refractivity contribution >= 4 is 57.6 Å². The summed E-state index contributed by atoms with van der Waals surface area (Å²) >= 11 is 0. The molecule has 4 amide bonds. The number of nitrogens with zero attached hydrogens (tertiary/aromatic N) is 8. The Hall–Kier alpha value is -6.58. The van der Waals surface area contributed by atoms with Gasteiger partial charge in [0.05, 0.1) is 33.5 Å². The van der Waals surface area contributed by atoms with E-state index in [4.69, 9.17) is 10.7 Å². The Morgan fingerprint density at radius 1 is 0.709 bits per heavy atom. The molecule has 2 aromatic carbocycles. The average Bonchev–Trinajstić information content (AvgIpc) is 3.91. The Labute approximate surface area is 317 Å². The molecular weight excluding hydrogens is 701 g/mol. The van der Waals surface area contributed by atoms with Crippen molar-refractivity contribution in [2.24, 2.45) is 11.7 Å². The third-order valence-electron chi connectivity index (χ3n) is 9.11. The van der Waals surface area contributed by atoms with Gasteiger partial charge in [-0.2, -0.15) is 10.2 Å². The topological polar surface area (TPSA) is 202 Å². The molecule has 0 fully saturated rings. The molecule has 0 saturated heterocycles. The van der Waals surface area contributed by atoms with Crippen molar-refractivity contribution < 1.29 is 19.2 Å². The summed E-state index contributed by atoms with van der Waals surface area (Å²) in [5, 5.41) is 17.6. The quantitative estimate of drug-likeness (QED) is 0.104. The van der Waals surface area contributed by atoms with Crippen LogP contribution in [0.25, 0.3) is 22.1 Å². The van der Waals surface area contributed by atoms with Gasteiger partial charge >= 0.3 is 0 Å².